The number of nitrogens with zero attached hydrogens (tertiary/aromatic N) is 4. The van der Waals surface area contributed by atoms with Crippen molar-refractivity contribution in [1.29, 1.82) is 5.26 Å². The first-order valence-electron chi connectivity index (χ1n) is 10.5. The highest BCUT2D eigenvalue weighted by atomic mass is 16.5. The second-order valence-electron chi connectivity index (χ2n) is 8.68. The first kappa shape index (κ1) is 21.8. The van der Waals surface area contributed by atoms with Crippen LogP contribution in [0.25, 0.3) is 11.3 Å². The number of rotatable bonds is 6. The molecule has 2 aromatic heterocycles. The zero-order valence-corrected chi connectivity index (χ0v) is 18.8. The first-order chi connectivity index (χ1) is 15.3. The van der Waals surface area contributed by atoms with Gasteiger partial charge >= 0.3 is 0 Å². The quantitative estimate of drug-likeness (QED) is 0.579. The summed E-state index contributed by atoms with van der Waals surface area (Å²) in [4.78, 5) is 11.2. The van der Waals surface area contributed by atoms with Crippen molar-refractivity contribution in [2.45, 2.75) is 39.1 Å². The summed E-state index contributed by atoms with van der Waals surface area (Å²) in [6, 6.07) is 15.3. The third kappa shape index (κ3) is 4.15. The SMILES string of the molecule is COc1cc(C)c(-c2ccc3c(n2)C(C)(C)CN3C(O)NCc2ccc(C#N)cc2)cn1. The van der Waals surface area contributed by atoms with E-state index >= 15 is 0 Å². The lowest BCUT2D eigenvalue weighted by molar-refractivity contribution is 0.129. The summed E-state index contributed by atoms with van der Waals surface area (Å²) in [5.74, 6) is 0.579. The van der Waals surface area contributed by atoms with Crippen LogP contribution in [0.15, 0.2) is 48.7 Å². The van der Waals surface area contributed by atoms with E-state index in [4.69, 9.17) is 15.0 Å². The highest BCUT2D eigenvalue weighted by Crippen LogP contribution is 2.41. The molecule has 0 saturated carbocycles. The molecule has 164 valence electrons. The third-order valence-corrected chi connectivity index (χ3v) is 5.83. The van der Waals surface area contributed by atoms with Gasteiger partial charge in [-0.25, -0.2) is 9.97 Å². The van der Waals surface area contributed by atoms with E-state index in [1.165, 1.54) is 0 Å². The average molecular weight is 430 g/mol. The zero-order chi connectivity index (χ0) is 22.9. The molecule has 0 saturated heterocycles. The Morgan fingerprint density at radius 2 is 2.00 bits per heavy atom. The van der Waals surface area contributed by atoms with Gasteiger partial charge in [0, 0.05) is 36.3 Å². The predicted octanol–water partition coefficient (Wildman–Crippen LogP) is 3.50. The Balaban J connectivity index is 1.56. The maximum atomic E-state index is 10.9. The molecule has 32 heavy (non-hydrogen) atoms. The summed E-state index contributed by atoms with van der Waals surface area (Å²) >= 11 is 0. The van der Waals surface area contributed by atoms with Crippen molar-refractivity contribution in [2.24, 2.45) is 0 Å². The Morgan fingerprint density at radius 1 is 1.25 bits per heavy atom. The Bertz CT molecular complexity index is 1170. The number of aliphatic hydroxyl groups excluding tert-OH is 1. The monoisotopic (exact) mass is 429 g/mol. The maximum Gasteiger partial charge on any atom is 0.213 e. The van der Waals surface area contributed by atoms with Gasteiger partial charge in [0.05, 0.1) is 35.8 Å². The van der Waals surface area contributed by atoms with E-state index in [2.05, 4.69) is 30.2 Å². The first-order valence-corrected chi connectivity index (χ1v) is 10.5. The van der Waals surface area contributed by atoms with E-state index < -0.39 is 6.35 Å². The highest BCUT2D eigenvalue weighted by molar-refractivity contribution is 5.69. The van der Waals surface area contributed by atoms with Gasteiger partial charge in [-0.2, -0.15) is 5.26 Å². The zero-order valence-electron chi connectivity index (χ0n) is 18.8. The van der Waals surface area contributed by atoms with Crippen molar-refractivity contribution >= 4 is 5.69 Å². The van der Waals surface area contributed by atoms with Gasteiger partial charge in [0.15, 0.2) is 6.35 Å². The second kappa shape index (κ2) is 8.58. The topological polar surface area (TPSA) is 94.3 Å². The smallest absolute Gasteiger partial charge is 0.213 e. The van der Waals surface area contributed by atoms with E-state index in [0.717, 1.165) is 33.8 Å². The minimum atomic E-state index is -0.858. The molecule has 0 fully saturated rings. The number of fused-ring (bicyclic) bond motifs is 1. The normalized spacial score (nSPS) is 15.2. The molecule has 0 radical (unpaired) electrons. The highest BCUT2D eigenvalue weighted by Gasteiger charge is 2.39. The molecule has 0 bridgehead atoms. The molecule has 7 heteroatoms. The molecule has 1 aromatic carbocycles. The van der Waals surface area contributed by atoms with Gasteiger partial charge < -0.3 is 14.7 Å². The van der Waals surface area contributed by atoms with Crippen LogP contribution in [0.2, 0.25) is 0 Å². The minimum Gasteiger partial charge on any atom is -0.481 e. The van der Waals surface area contributed by atoms with Crippen molar-refractivity contribution < 1.29 is 9.84 Å². The molecule has 1 atom stereocenters. The molecule has 1 unspecified atom stereocenters. The van der Waals surface area contributed by atoms with E-state index in [0.29, 0.717) is 24.5 Å². The van der Waals surface area contributed by atoms with E-state index in [1.54, 1.807) is 25.4 Å². The summed E-state index contributed by atoms with van der Waals surface area (Å²) in [7, 11) is 1.60. The van der Waals surface area contributed by atoms with Gasteiger partial charge in [0.2, 0.25) is 5.88 Å². The molecular weight excluding hydrogens is 402 g/mol. The number of hydrogen-bond acceptors (Lipinski definition) is 7. The van der Waals surface area contributed by atoms with Crippen LogP contribution in [0.3, 0.4) is 0 Å². The molecule has 1 aliphatic rings. The summed E-state index contributed by atoms with van der Waals surface area (Å²) in [6.07, 6.45) is 0.930. The molecule has 2 N–H and O–H groups in total. The molecule has 4 rings (SSSR count). The lowest BCUT2D eigenvalue weighted by Crippen LogP contribution is -2.46. The minimum absolute atomic E-state index is 0.226. The number of pyridine rings is 2. The Hall–Kier alpha value is -3.47. The van der Waals surface area contributed by atoms with E-state index in [9.17, 15) is 5.11 Å². The summed E-state index contributed by atoms with van der Waals surface area (Å²) in [6.45, 7) is 7.41. The fourth-order valence-corrected chi connectivity index (χ4v) is 4.06. The van der Waals surface area contributed by atoms with Crippen molar-refractivity contribution in [3.63, 3.8) is 0 Å². The number of methoxy groups -OCH3 is 1. The van der Waals surface area contributed by atoms with Gasteiger partial charge in [-0.3, -0.25) is 5.32 Å². The van der Waals surface area contributed by atoms with E-state index in [1.807, 2.05) is 42.2 Å². The van der Waals surface area contributed by atoms with Crippen LogP contribution < -0.4 is 15.0 Å². The number of ether oxygens (including phenoxy) is 1. The molecule has 0 aliphatic carbocycles. The summed E-state index contributed by atoms with van der Waals surface area (Å²) in [5.41, 5.74) is 6.11. The molecule has 1 aliphatic heterocycles. The lowest BCUT2D eigenvalue weighted by Gasteiger charge is -2.28. The van der Waals surface area contributed by atoms with Crippen LogP contribution >= 0.6 is 0 Å². The summed E-state index contributed by atoms with van der Waals surface area (Å²) in [5, 5.41) is 23.0. The van der Waals surface area contributed by atoms with Crippen molar-refractivity contribution in [1.82, 2.24) is 15.3 Å². The van der Waals surface area contributed by atoms with Crippen LogP contribution in [0.4, 0.5) is 5.69 Å². The number of hydrogen-bond donors (Lipinski definition) is 2. The number of aromatic nitrogens is 2. The number of nitrogens with one attached hydrogen (secondary N) is 1. The number of nitriles is 1. The van der Waals surface area contributed by atoms with Crippen LogP contribution in [0.5, 0.6) is 5.88 Å². The molecule has 3 heterocycles. The van der Waals surface area contributed by atoms with Crippen LogP contribution in [-0.2, 0) is 12.0 Å². The number of aliphatic hydroxyl groups is 1. The molecule has 3 aromatic rings. The van der Waals surface area contributed by atoms with Crippen LogP contribution in [-0.4, -0.2) is 35.1 Å². The van der Waals surface area contributed by atoms with Crippen molar-refractivity contribution in [3.05, 3.63) is 71.0 Å². The number of anilines is 1. The standard InChI is InChI=1S/C25H27N5O2/c1-16-11-22(32-4)27-14-19(16)20-9-10-21-23(29-20)25(2,3)15-30(21)24(31)28-13-18-7-5-17(12-26)6-8-18/h5-11,14,24,28,31H,13,15H2,1-4H3. The summed E-state index contributed by atoms with van der Waals surface area (Å²) < 4.78 is 5.21. The average Bonchev–Trinajstić information content (AvgIpc) is 3.08. The number of aryl methyl sites for hydroxylation is 1. The van der Waals surface area contributed by atoms with Gasteiger partial charge in [0.25, 0.3) is 0 Å². The lowest BCUT2D eigenvalue weighted by atomic mass is 9.91. The molecule has 0 spiro atoms. The molecular formula is C25H27N5O2. The van der Waals surface area contributed by atoms with Crippen LogP contribution in [0, 0.1) is 18.3 Å². The van der Waals surface area contributed by atoms with Gasteiger partial charge in [-0.15, -0.1) is 0 Å². The van der Waals surface area contributed by atoms with Crippen molar-refractivity contribution in [2.75, 3.05) is 18.6 Å². The Morgan fingerprint density at radius 3 is 2.66 bits per heavy atom. The Kier molecular flexibility index (Phi) is 5.83. The maximum absolute atomic E-state index is 10.9. The fourth-order valence-electron chi connectivity index (χ4n) is 4.06. The number of benzene rings is 1. The fraction of sp³-hybridized carbons (Fsp3) is 0.320. The van der Waals surface area contributed by atoms with Crippen molar-refractivity contribution in [3.8, 4) is 23.2 Å². The van der Waals surface area contributed by atoms with E-state index in [-0.39, 0.29) is 5.41 Å². The second-order valence-corrected chi connectivity index (χ2v) is 8.68. The van der Waals surface area contributed by atoms with Gasteiger partial charge in [0.1, 0.15) is 0 Å². The predicted molar refractivity (Wildman–Crippen MR) is 123 cm³/mol. The largest absolute Gasteiger partial charge is 0.481 e. The van der Waals surface area contributed by atoms with Gasteiger partial charge in [-0.05, 0) is 42.3 Å². The third-order valence-electron chi connectivity index (χ3n) is 5.83. The Labute approximate surface area is 188 Å². The molecule has 7 nitrogen and oxygen atoms in total. The van der Waals surface area contributed by atoms with Crippen LogP contribution in [0.1, 0.15) is 36.2 Å². The molecule has 0 amide bonds. The van der Waals surface area contributed by atoms with Gasteiger partial charge in [-0.1, -0.05) is 26.0 Å².